The molecule has 7 heteroatoms. The standard InChI is InChI=1S/C17H28N4O3/c22-15-13(7-4-8-19-15)20-16(23)14-11-21(10-9-18-14)17(24)12-5-2-1-3-6-12/h12-14,18H,1-11H2,(H,19,22)(H,20,23)/p+1/t13-,14+/m0/s1. The van der Waals surface area contributed by atoms with Crippen LogP contribution in [0.25, 0.3) is 0 Å². The fraction of sp³-hybridized carbons (Fsp3) is 0.824. The van der Waals surface area contributed by atoms with Gasteiger partial charge in [0.2, 0.25) is 11.8 Å². The van der Waals surface area contributed by atoms with Gasteiger partial charge in [-0.1, -0.05) is 19.3 Å². The molecule has 0 radical (unpaired) electrons. The lowest BCUT2D eigenvalue weighted by Gasteiger charge is -2.34. The molecule has 0 aromatic rings. The van der Waals surface area contributed by atoms with Gasteiger partial charge in [-0.3, -0.25) is 14.4 Å². The first-order chi connectivity index (χ1) is 11.6. The summed E-state index contributed by atoms with van der Waals surface area (Å²) in [5.41, 5.74) is 0. The van der Waals surface area contributed by atoms with Crippen molar-refractivity contribution in [3.63, 3.8) is 0 Å². The maximum Gasteiger partial charge on any atom is 0.280 e. The van der Waals surface area contributed by atoms with Gasteiger partial charge in [0.15, 0.2) is 6.04 Å². The smallest absolute Gasteiger partial charge is 0.280 e. The lowest BCUT2D eigenvalue weighted by Crippen LogP contribution is -2.98. The van der Waals surface area contributed by atoms with Crippen molar-refractivity contribution in [1.29, 1.82) is 0 Å². The zero-order chi connectivity index (χ0) is 16.9. The molecule has 0 spiro atoms. The molecule has 3 amide bonds. The predicted octanol–water partition coefficient (Wildman–Crippen LogP) is -1.26. The Morgan fingerprint density at radius 2 is 1.92 bits per heavy atom. The van der Waals surface area contributed by atoms with Crippen molar-refractivity contribution in [2.24, 2.45) is 5.92 Å². The monoisotopic (exact) mass is 337 g/mol. The summed E-state index contributed by atoms with van der Waals surface area (Å²) >= 11 is 0. The molecule has 2 atom stereocenters. The number of nitrogens with zero attached hydrogens (tertiary/aromatic N) is 1. The van der Waals surface area contributed by atoms with Gasteiger partial charge in [-0.05, 0) is 25.7 Å². The van der Waals surface area contributed by atoms with E-state index in [-0.39, 0.29) is 29.7 Å². The Bertz CT molecular complexity index is 490. The average Bonchev–Trinajstić information content (AvgIpc) is 2.64. The Hall–Kier alpha value is -1.63. The zero-order valence-corrected chi connectivity index (χ0v) is 14.3. The minimum absolute atomic E-state index is 0.0967. The van der Waals surface area contributed by atoms with E-state index < -0.39 is 6.04 Å². The molecule has 0 unspecified atom stereocenters. The highest BCUT2D eigenvalue weighted by atomic mass is 16.2. The Kier molecular flexibility index (Phi) is 5.71. The number of nitrogens with two attached hydrogens (primary N) is 1. The third-order valence-corrected chi connectivity index (χ3v) is 5.47. The third kappa shape index (κ3) is 4.06. The van der Waals surface area contributed by atoms with Gasteiger partial charge in [0.1, 0.15) is 6.04 Å². The zero-order valence-electron chi connectivity index (χ0n) is 14.3. The number of carbonyl (C=O) groups excluding carboxylic acids is 3. The molecule has 2 heterocycles. The van der Waals surface area contributed by atoms with Gasteiger partial charge in [-0.15, -0.1) is 0 Å². The number of nitrogens with one attached hydrogen (secondary N) is 2. The molecule has 0 bridgehead atoms. The molecule has 3 aliphatic rings. The molecule has 1 aliphatic carbocycles. The summed E-state index contributed by atoms with van der Waals surface area (Å²) < 4.78 is 0. The number of rotatable bonds is 3. The van der Waals surface area contributed by atoms with Gasteiger partial charge >= 0.3 is 0 Å². The van der Waals surface area contributed by atoms with Crippen LogP contribution in [0.15, 0.2) is 0 Å². The largest absolute Gasteiger partial charge is 0.354 e. The van der Waals surface area contributed by atoms with Crippen LogP contribution in [0.5, 0.6) is 0 Å². The van der Waals surface area contributed by atoms with Crippen molar-refractivity contribution in [3.05, 3.63) is 0 Å². The lowest BCUT2D eigenvalue weighted by atomic mass is 9.88. The Balaban J connectivity index is 1.53. The number of quaternary nitrogens is 1. The van der Waals surface area contributed by atoms with Crippen molar-refractivity contribution in [2.45, 2.75) is 57.0 Å². The van der Waals surface area contributed by atoms with Crippen LogP contribution in [0.3, 0.4) is 0 Å². The van der Waals surface area contributed by atoms with E-state index in [9.17, 15) is 14.4 Å². The SMILES string of the molecule is O=C1NCCC[C@@H]1NC(=O)[C@H]1CN(C(=O)C2CCCCC2)CC[NH2+]1. The van der Waals surface area contributed by atoms with E-state index in [0.717, 1.165) is 38.6 Å². The van der Waals surface area contributed by atoms with Crippen LogP contribution in [0.4, 0.5) is 0 Å². The summed E-state index contributed by atoms with van der Waals surface area (Å²) in [7, 11) is 0. The summed E-state index contributed by atoms with van der Waals surface area (Å²) in [4.78, 5) is 38.8. The Morgan fingerprint density at radius 1 is 1.12 bits per heavy atom. The van der Waals surface area contributed by atoms with Gasteiger partial charge in [-0.25, -0.2) is 0 Å². The van der Waals surface area contributed by atoms with Crippen LogP contribution in [-0.2, 0) is 14.4 Å². The van der Waals surface area contributed by atoms with E-state index in [0.29, 0.717) is 26.1 Å². The second-order valence-corrected chi connectivity index (χ2v) is 7.24. The van der Waals surface area contributed by atoms with Crippen molar-refractivity contribution in [1.82, 2.24) is 15.5 Å². The summed E-state index contributed by atoms with van der Waals surface area (Å²) in [5.74, 6) is 0.138. The van der Waals surface area contributed by atoms with Crippen molar-refractivity contribution < 1.29 is 19.7 Å². The van der Waals surface area contributed by atoms with Gasteiger partial charge in [-0.2, -0.15) is 0 Å². The first-order valence-corrected chi connectivity index (χ1v) is 9.35. The average molecular weight is 337 g/mol. The summed E-state index contributed by atoms with van der Waals surface area (Å²) in [6, 6.07) is -0.731. The number of piperidine rings is 1. The molecule has 4 N–H and O–H groups in total. The van der Waals surface area contributed by atoms with Crippen LogP contribution in [0.1, 0.15) is 44.9 Å². The molecular formula is C17H29N4O3+. The highest BCUT2D eigenvalue weighted by molar-refractivity contribution is 5.90. The quantitative estimate of drug-likeness (QED) is 0.600. The summed E-state index contributed by atoms with van der Waals surface area (Å²) in [5, 5.41) is 7.63. The van der Waals surface area contributed by atoms with Crippen LogP contribution >= 0.6 is 0 Å². The highest BCUT2D eigenvalue weighted by Crippen LogP contribution is 2.25. The van der Waals surface area contributed by atoms with Crippen molar-refractivity contribution >= 4 is 17.7 Å². The van der Waals surface area contributed by atoms with Crippen LogP contribution in [0, 0.1) is 5.92 Å². The van der Waals surface area contributed by atoms with Gasteiger partial charge in [0.25, 0.3) is 5.91 Å². The molecule has 24 heavy (non-hydrogen) atoms. The van der Waals surface area contributed by atoms with E-state index in [1.165, 1.54) is 6.42 Å². The van der Waals surface area contributed by atoms with E-state index in [4.69, 9.17) is 0 Å². The fourth-order valence-electron chi connectivity index (χ4n) is 4.02. The van der Waals surface area contributed by atoms with Crippen LogP contribution < -0.4 is 16.0 Å². The van der Waals surface area contributed by atoms with E-state index in [1.807, 2.05) is 10.2 Å². The van der Waals surface area contributed by atoms with Crippen LogP contribution in [0.2, 0.25) is 0 Å². The number of carbonyl (C=O) groups is 3. The van der Waals surface area contributed by atoms with Gasteiger partial charge < -0.3 is 20.9 Å². The van der Waals surface area contributed by atoms with Crippen molar-refractivity contribution in [2.75, 3.05) is 26.2 Å². The molecule has 1 saturated carbocycles. The first kappa shape index (κ1) is 17.2. The predicted molar refractivity (Wildman–Crippen MR) is 87.9 cm³/mol. The molecule has 7 nitrogen and oxygen atoms in total. The molecule has 2 saturated heterocycles. The fourth-order valence-corrected chi connectivity index (χ4v) is 4.02. The number of hydrogen-bond donors (Lipinski definition) is 3. The highest BCUT2D eigenvalue weighted by Gasteiger charge is 2.36. The minimum Gasteiger partial charge on any atom is -0.354 e. The third-order valence-electron chi connectivity index (χ3n) is 5.47. The van der Waals surface area contributed by atoms with Gasteiger partial charge in [0.05, 0.1) is 19.6 Å². The number of amides is 3. The molecule has 3 fully saturated rings. The molecular weight excluding hydrogens is 308 g/mol. The van der Waals surface area contributed by atoms with E-state index in [1.54, 1.807) is 0 Å². The van der Waals surface area contributed by atoms with E-state index >= 15 is 0 Å². The molecule has 0 aromatic heterocycles. The van der Waals surface area contributed by atoms with Crippen LogP contribution in [-0.4, -0.2) is 60.9 Å². The number of piperazine rings is 1. The van der Waals surface area contributed by atoms with E-state index in [2.05, 4.69) is 10.6 Å². The Labute approximate surface area is 142 Å². The molecule has 134 valence electrons. The number of hydrogen-bond acceptors (Lipinski definition) is 3. The maximum atomic E-state index is 12.7. The minimum atomic E-state index is -0.427. The normalized spacial score (nSPS) is 29.0. The van der Waals surface area contributed by atoms with Gasteiger partial charge in [0, 0.05) is 12.5 Å². The Morgan fingerprint density at radius 3 is 2.67 bits per heavy atom. The molecule has 0 aromatic carbocycles. The summed E-state index contributed by atoms with van der Waals surface area (Å²) in [6.45, 7) is 2.59. The second-order valence-electron chi connectivity index (χ2n) is 7.24. The maximum absolute atomic E-state index is 12.7. The first-order valence-electron chi connectivity index (χ1n) is 9.35. The lowest BCUT2D eigenvalue weighted by molar-refractivity contribution is -0.684. The summed E-state index contributed by atoms with van der Waals surface area (Å²) in [6.07, 6.45) is 7.04. The molecule has 2 aliphatic heterocycles. The second kappa shape index (κ2) is 7.96. The van der Waals surface area contributed by atoms with Crippen molar-refractivity contribution in [3.8, 4) is 0 Å². The molecule has 3 rings (SSSR count). The topological polar surface area (TPSA) is 95.1 Å².